The number of hydrogen-bond acceptors (Lipinski definition) is 2. The standard InChI is InChI=1S/C10H18N2/c1-5-10(9(3)4)12-8-7-11-6-2/h5,7-9H,6H2,1-4H3/b10-5-,11-7?,12-8?. The lowest BCUT2D eigenvalue weighted by Crippen LogP contribution is -1.91. The Labute approximate surface area is 75.1 Å². The third kappa shape index (κ3) is 4.83. The second kappa shape index (κ2) is 6.77. The summed E-state index contributed by atoms with van der Waals surface area (Å²) in [6.07, 6.45) is 5.52. The number of rotatable bonds is 4. The molecule has 0 saturated heterocycles. The highest BCUT2D eigenvalue weighted by Crippen LogP contribution is 2.08. The SMILES string of the molecule is C/C=C(\N=CC=NCC)C(C)C. The predicted molar refractivity (Wildman–Crippen MR) is 56.1 cm³/mol. The van der Waals surface area contributed by atoms with Gasteiger partial charge in [-0.2, -0.15) is 0 Å². The fourth-order valence-electron chi connectivity index (χ4n) is 0.829. The van der Waals surface area contributed by atoms with E-state index in [1.54, 1.807) is 12.4 Å². The quantitative estimate of drug-likeness (QED) is 0.574. The lowest BCUT2D eigenvalue weighted by atomic mass is 10.1. The first-order valence-corrected chi connectivity index (χ1v) is 4.41. The highest BCUT2D eigenvalue weighted by Gasteiger charge is 1.96. The molecular weight excluding hydrogens is 148 g/mol. The van der Waals surface area contributed by atoms with E-state index in [1.807, 2.05) is 19.9 Å². The number of nitrogens with zero attached hydrogens (tertiary/aromatic N) is 2. The van der Waals surface area contributed by atoms with E-state index in [2.05, 4.69) is 23.8 Å². The van der Waals surface area contributed by atoms with E-state index in [9.17, 15) is 0 Å². The average Bonchev–Trinajstić information content (AvgIpc) is 2.04. The van der Waals surface area contributed by atoms with Gasteiger partial charge in [-0.15, -0.1) is 0 Å². The molecule has 0 heterocycles. The zero-order valence-electron chi connectivity index (χ0n) is 8.41. The molecule has 0 aliphatic carbocycles. The molecule has 0 bridgehead atoms. The summed E-state index contributed by atoms with van der Waals surface area (Å²) in [4.78, 5) is 8.30. The van der Waals surface area contributed by atoms with Gasteiger partial charge in [0.15, 0.2) is 0 Å². The molecule has 0 aromatic heterocycles. The zero-order valence-corrected chi connectivity index (χ0v) is 8.41. The Morgan fingerprint density at radius 1 is 1.33 bits per heavy atom. The Morgan fingerprint density at radius 2 is 2.00 bits per heavy atom. The van der Waals surface area contributed by atoms with Crippen LogP contribution in [0.4, 0.5) is 0 Å². The lowest BCUT2D eigenvalue weighted by molar-refractivity contribution is 0.757. The summed E-state index contributed by atoms with van der Waals surface area (Å²) >= 11 is 0. The third-order valence-electron chi connectivity index (χ3n) is 1.47. The van der Waals surface area contributed by atoms with Gasteiger partial charge >= 0.3 is 0 Å². The summed E-state index contributed by atoms with van der Waals surface area (Å²) in [5.74, 6) is 0.487. The van der Waals surface area contributed by atoms with E-state index >= 15 is 0 Å². The van der Waals surface area contributed by atoms with Gasteiger partial charge in [-0.05, 0) is 19.8 Å². The largest absolute Gasteiger partial charge is 0.292 e. The van der Waals surface area contributed by atoms with Crippen LogP contribution < -0.4 is 0 Å². The van der Waals surface area contributed by atoms with Crippen molar-refractivity contribution < 1.29 is 0 Å². The Balaban J connectivity index is 4.04. The van der Waals surface area contributed by atoms with Crippen molar-refractivity contribution in [3.63, 3.8) is 0 Å². The first-order valence-electron chi connectivity index (χ1n) is 4.41. The molecule has 0 aromatic rings. The monoisotopic (exact) mass is 166 g/mol. The second-order valence-corrected chi connectivity index (χ2v) is 2.79. The molecule has 0 unspecified atom stereocenters. The Morgan fingerprint density at radius 3 is 2.42 bits per heavy atom. The van der Waals surface area contributed by atoms with Crippen LogP contribution in [0, 0.1) is 5.92 Å². The van der Waals surface area contributed by atoms with E-state index in [0.717, 1.165) is 12.2 Å². The zero-order chi connectivity index (χ0) is 9.40. The van der Waals surface area contributed by atoms with Crippen molar-refractivity contribution in [1.29, 1.82) is 0 Å². The molecule has 0 aliphatic rings. The molecule has 12 heavy (non-hydrogen) atoms. The van der Waals surface area contributed by atoms with Crippen molar-refractivity contribution in [3.8, 4) is 0 Å². The summed E-state index contributed by atoms with van der Waals surface area (Å²) in [7, 11) is 0. The minimum Gasteiger partial charge on any atom is -0.292 e. The molecule has 2 nitrogen and oxygen atoms in total. The van der Waals surface area contributed by atoms with Crippen LogP contribution in [-0.4, -0.2) is 19.0 Å². The van der Waals surface area contributed by atoms with Gasteiger partial charge in [0.1, 0.15) is 0 Å². The van der Waals surface area contributed by atoms with E-state index in [0.29, 0.717) is 5.92 Å². The summed E-state index contributed by atoms with van der Waals surface area (Å²) in [5.41, 5.74) is 1.11. The third-order valence-corrected chi connectivity index (χ3v) is 1.47. The van der Waals surface area contributed by atoms with Crippen molar-refractivity contribution in [2.24, 2.45) is 15.9 Å². The molecule has 0 radical (unpaired) electrons. The van der Waals surface area contributed by atoms with Crippen LogP contribution in [0.25, 0.3) is 0 Å². The van der Waals surface area contributed by atoms with E-state index in [-0.39, 0.29) is 0 Å². The van der Waals surface area contributed by atoms with Gasteiger partial charge < -0.3 is 0 Å². The molecular formula is C10H18N2. The average molecular weight is 166 g/mol. The lowest BCUT2D eigenvalue weighted by Gasteiger charge is -2.02. The van der Waals surface area contributed by atoms with E-state index < -0.39 is 0 Å². The first-order chi connectivity index (χ1) is 5.72. The Hall–Kier alpha value is -0.920. The second-order valence-electron chi connectivity index (χ2n) is 2.79. The molecule has 0 saturated carbocycles. The van der Waals surface area contributed by atoms with Crippen LogP contribution >= 0.6 is 0 Å². The van der Waals surface area contributed by atoms with Gasteiger partial charge in [-0.3, -0.25) is 9.98 Å². The predicted octanol–water partition coefficient (Wildman–Crippen LogP) is 2.71. The van der Waals surface area contributed by atoms with Gasteiger partial charge in [0.25, 0.3) is 0 Å². The van der Waals surface area contributed by atoms with Gasteiger partial charge in [-0.1, -0.05) is 19.9 Å². The molecule has 0 spiro atoms. The molecule has 0 amide bonds. The maximum Gasteiger partial charge on any atom is 0.0449 e. The van der Waals surface area contributed by atoms with Crippen LogP contribution in [-0.2, 0) is 0 Å². The van der Waals surface area contributed by atoms with Gasteiger partial charge in [-0.25, -0.2) is 0 Å². The van der Waals surface area contributed by atoms with Crippen molar-refractivity contribution in [3.05, 3.63) is 11.8 Å². The summed E-state index contributed by atoms with van der Waals surface area (Å²) in [6, 6.07) is 0. The molecule has 0 N–H and O–H groups in total. The van der Waals surface area contributed by atoms with Crippen molar-refractivity contribution in [2.45, 2.75) is 27.7 Å². The smallest absolute Gasteiger partial charge is 0.0449 e. The Kier molecular flexibility index (Phi) is 6.25. The van der Waals surface area contributed by atoms with Crippen LogP contribution in [0.1, 0.15) is 27.7 Å². The van der Waals surface area contributed by atoms with Crippen molar-refractivity contribution in [1.82, 2.24) is 0 Å². The van der Waals surface area contributed by atoms with Crippen LogP contribution in [0.2, 0.25) is 0 Å². The highest BCUT2D eigenvalue weighted by atomic mass is 14.8. The summed E-state index contributed by atoms with van der Waals surface area (Å²) in [5, 5.41) is 0. The molecule has 0 rings (SSSR count). The summed E-state index contributed by atoms with van der Waals surface area (Å²) in [6.45, 7) is 9.08. The highest BCUT2D eigenvalue weighted by molar-refractivity contribution is 6.16. The molecule has 0 fully saturated rings. The fourth-order valence-corrected chi connectivity index (χ4v) is 0.829. The van der Waals surface area contributed by atoms with Gasteiger partial charge in [0.2, 0.25) is 0 Å². The minimum absolute atomic E-state index is 0.487. The van der Waals surface area contributed by atoms with E-state index in [1.165, 1.54) is 0 Å². The molecule has 0 atom stereocenters. The van der Waals surface area contributed by atoms with E-state index in [4.69, 9.17) is 0 Å². The number of aliphatic imine (C=N–C) groups is 2. The molecule has 2 heteroatoms. The molecule has 68 valence electrons. The molecule has 0 aliphatic heterocycles. The van der Waals surface area contributed by atoms with Crippen molar-refractivity contribution in [2.75, 3.05) is 6.54 Å². The molecule has 0 aromatic carbocycles. The Bertz CT molecular complexity index is 188. The number of hydrogen-bond donors (Lipinski definition) is 0. The summed E-state index contributed by atoms with van der Waals surface area (Å²) < 4.78 is 0. The topological polar surface area (TPSA) is 24.7 Å². The number of allylic oxidation sites excluding steroid dienone is 2. The van der Waals surface area contributed by atoms with Gasteiger partial charge in [0.05, 0.1) is 0 Å². The maximum absolute atomic E-state index is 4.27. The van der Waals surface area contributed by atoms with Crippen LogP contribution in [0.5, 0.6) is 0 Å². The minimum atomic E-state index is 0.487. The van der Waals surface area contributed by atoms with Crippen molar-refractivity contribution >= 4 is 12.4 Å². The van der Waals surface area contributed by atoms with Gasteiger partial charge in [0, 0.05) is 24.7 Å². The first kappa shape index (κ1) is 11.1. The van der Waals surface area contributed by atoms with Crippen LogP contribution in [0.3, 0.4) is 0 Å². The maximum atomic E-state index is 4.27. The van der Waals surface area contributed by atoms with Crippen LogP contribution in [0.15, 0.2) is 21.8 Å². The normalized spacial score (nSPS) is 13.9. The fraction of sp³-hybridized carbons (Fsp3) is 0.600.